The molecule has 1 aromatic carbocycles. The molecule has 0 radical (unpaired) electrons. The highest BCUT2D eigenvalue weighted by Crippen LogP contribution is 2.67. The number of fused-ring (bicyclic) bond motifs is 4. The first-order chi connectivity index (χ1) is 16.0. The van der Waals surface area contributed by atoms with Crippen LogP contribution in [0.5, 0.6) is 0 Å². The summed E-state index contributed by atoms with van der Waals surface area (Å²) in [6.07, 6.45) is 10.2. The van der Waals surface area contributed by atoms with Crippen molar-refractivity contribution in [2.45, 2.75) is 63.4 Å². The molecule has 0 unspecified atom stereocenters. The van der Waals surface area contributed by atoms with Crippen molar-refractivity contribution in [3.8, 4) is 0 Å². The van der Waals surface area contributed by atoms with Crippen LogP contribution in [0, 0.1) is 17.3 Å². The third-order valence-corrected chi connectivity index (χ3v) is 9.34. The Morgan fingerprint density at radius 3 is 2.64 bits per heavy atom. The number of carbonyl (C=O) groups is 1. The molecule has 0 spiro atoms. The predicted octanol–water partition coefficient (Wildman–Crippen LogP) is 5.43. The molecular weight excluding hydrogens is 414 g/mol. The molecule has 5 nitrogen and oxygen atoms in total. The van der Waals surface area contributed by atoms with E-state index in [0.29, 0.717) is 24.9 Å². The molecule has 5 heteroatoms. The number of carbonyl (C=O) groups excluding carboxylic acids is 1. The smallest absolute Gasteiger partial charge is 0.156 e. The van der Waals surface area contributed by atoms with Crippen LogP contribution in [0.25, 0.3) is 0 Å². The maximum Gasteiger partial charge on any atom is 0.156 e. The SMILES string of the molecule is COC[C@]1(OC)CC[C@H]2[C@@H]3CCC4=CC(=O)CCC4=C3[C@@H](c3ccc(/C=N/O)cc3)C[C@@]21C. The molecule has 0 bridgehead atoms. The van der Waals surface area contributed by atoms with Gasteiger partial charge in [-0.1, -0.05) is 41.9 Å². The van der Waals surface area contributed by atoms with Crippen LogP contribution in [-0.2, 0) is 14.3 Å². The molecule has 0 aromatic heterocycles. The van der Waals surface area contributed by atoms with E-state index in [1.807, 2.05) is 25.3 Å². The molecule has 4 aliphatic rings. The summed E-state index contributed by atoms with van der Waals surface area (Å²) >= 11 is 0. The Bertz CT molecular complexity index is 1020. The first kappa shape index (κ1) is 22.5. The Morgan fingerprint density at radius 1 is 1.15 bits per heavy atom. The zero-order valence-corrected chi connectivity index (χ0v) is 20.0. The first-order valence-corrected chi connectivity index (χ1v) is 12.2. The fraction of sp³-hybridized carbons (Fsp3) is 0.571. The van der Waals surface area contributed by atoms with E-state index in [0.717, 1.165) is 44.1 Å². The first-order valence-electron chi connectivity index (χ1n) is 12.2. The summed E-state index contributed by atoms with van der Waals surface area (Å²) in [5.41, 5.74) is 6.23. The zero-order valence-electron chi connectivity index (χ0n) is 20.0. The van der Waals surface area contributed by atoms with Gasteiger partial charge in [-0.2, -0.15) is 0 Å². The van der Waals surface area contributed by atoms with Crippen molar-refractivity contribution in [2.24, 2.45) is 22.4 Å². The van der Waals surface area contributed by atoms with Gasteiger partial charge in [0.1, 0.15) is 0 Å². The summed E-state index contributed by atoms with van der Waals surface area (Å²) in [6, 6.07) is 8.42. The van der Waals surface area contributed by atoms with Gasteiger partial charge in [-0.25, -0.2) is 0 Å². The van der Waals surface area contributed by atoms with Gasteiger partial charge in [0.15, 0.2) is 5.78 Å². The summed E-state index contributed by atoms with van der Waals surface area (Å²) < 4.78 is 12.0. The number of hydrogen-bond donors (Lipinski definition) is 1. The van der Waals surface area contributed by atoms with Gasteiger partial charge in [-0.15, -0.1) is 0 Å². The molecule has 176 valence electrons. The number of oxime groups is 1. The Hall–Kier alpha value is -2.24. The summed E-state index contributed by atoms with van der Waals surface area (Å²) in [5.74, 6) is 1.64. The quantitative estimate of drug-likeness (QED) is 0.370. The maximum atomic E-state index is 12.2. The van der Waals surface area contributed by atoms with Gasteiger partial charge in [-0.05, 0) is 78.7 Å². The third-order valence-electron chi connectivity index (χ3n) is 9.34. The van der Waals surface area contributed by atoms with Crippen molar-refractivity contribution in [1.82, 2.24) is 0 Å². The highest BCUT2D eigenvalue weighted by Gasteiger charge is 2.63. The summed E-state index contributed by atoms with van der Waals surface area (Å²) in [5, 5.41) is 12.1. The number of hydrogen-bond acceptors (Lipinski definition) is 5. The molecule has 4 aliphatic carbocycles. The van der Waals surface area contributed by atoms with Crippen LogP contribution >= 0.6 is 0 Å². The van der Waals surface area contributed by atoms with Gasteiger partial charge in [-0.3, -0.25) is 4.79 Å². The van der Waals surface area contributed by atoms with Crippen LogP contribution in [0.4, 0.5) is 0 Å². The Kier molecular flexibility index (Phi) is 5.82. The molecule has 1 N–H and O–H groups in total. The standard InChI is InChI=1S/C28H35NO4/c1-27-15-24(19-6-4-18(5-7-19)16-29-31)26-22-11-9-21(30)14-20(22)8-10-23(26)25(27)12-13-28(27,33-3)17-32-2/h4-7,14,16,23-25,31H,8-13,15,17H2,1-3H3/b29-16+/t23-,24+,25-,27-,28+/m0/s1. The number of ether oxygens (including phenoxy) is 2. The lowest BCUT2D eigenvalue weighted by molar-refractivity contribution is -0.149. The van der Waals surface area contributed by atoms with Crippen molar-refractivity contribution in [1.29, 1.82) is 0 Å². The minimum Gasteiger partial charge on any atom is -0.411 e. The summed E-state index contributed by atoms with van der Waals surface area (Å²) in [4.78, 5) is 12.2. The molecule has 2 fully saturated rings. The second kappa shape index (κ2) is 8.52. The van der Waals surface area contributed by atoms with Crippen molar-refractivity contribution >= 4 is 12.0 Å². The van der Waals surface area contributed by atoms with Crippen molar-refractivity contribution in [3.05, 3.63) is 58.2 Å². The normalized spacial score (nSPS) is 35.9. The minimum atomic E-state index is -0.275. The molecular formula is C28H35NO4. The average Bonchev–Trinajstić information content (AvgIpc) is 3.11. The van der Waals surface area contributed by atoms with Gasteiger partial charge in [0.25, 0.3) is 0 Å². The van der Waals surface area contributed by atoms with Crippen molar-refractivity contribution < 1.29 is 19.5 Å². The van der Waals surface area contributed by atoms with E-state index in [1.54, 1.807) is 12.7 Å². The molecule has 2 saturated carbocycles. The van der Waals surface area contributed by atoms with E-state index in [1.165, 1.54) is 22.9 Å². The van der Waals surface area contributed by atoms with Crippen LogP contribution in [0.3, 0.4) is 0 Å². The number of benzene rings is 1. The highest BCUT2D eigenvalue weighted by atomic mass is 16.5. The van der Waals surface area contributed by atoms with E-state index >= 15 is 0 Å². The molecule has 33 heavy (non-hydrogen) atoms. The van der Waals surface area contributed by atoms with Gasteiger partial charge in [0, 0.05) is 32.0 Å². The highest BCUT2D eigenvalue weighted by molar-refractivity contribution is 5.93. The fourth-order valence-corrected chi connectivity index (χ4v) is 7.78. The van der Waals surface area contributed by atoms with E-state index in [2.05, 4.69) is 24.2 Å². The Balaban J connectivity index is 1.65. The zero-order chi connectivity index (χ0) is 23.2. The van der Waals surface area contributed by atoms with Crippen LogP contribution in [0.2, 0.25) is 0 Å². The molecule has 0 aliphatic heterocycles. The monoisotopic (exact) mass is 449 g/mol. The Labute approximate surface area is 196 Å². The predicted molar refractivity (Wildman–Crippen MR) is 128 cm³/mol. The second-order valence-corrected chi connectivity index (χ2v) is 10.6. The number of rotatable bonds is 5. The van der Waals surface area contributed by atoms with Gasteiger partial charge in [0.05, 0.1) is 18.4 Å². The topological polar surface area (TPSA) is 68.1 Å². The maximum absolute atomic E-state index is 12.2. The van der Waals surface area contributed by atoms with Crippen molar-refractivity contribution in [2.75, 3.05) is 20.8 Å². The molecule has 0 saturated heterocycles. The van der Waals surface area contributed by atoms with Crippen LogP contribution in [-0.4, -0.2) is 43.6 Å². The molecule has 0 amide bonds. The largest absolute Gasteiger partial charge is 0.411 e. The molecule has 5 rings (SSSR count). The summed E-state index contributed by atoms with van der Waals surface area (Å²) in [6.45, 7) is 3.05. The van der Waals surface area contributed by atoms with E-state index in [4.69, 9.17) is 14.7 Å². The van der Waals surface area contributed by atoms with Gasteiger partial charge < -0.3 is 14.7 Å². The third kappa shape index (κ3) is 3.43. The van der Waals surface area contributed by atoms with Crippen LogP contribution < -0.4 is 0 Å². The minimum absolute atomic E-state index is 0.00802. The number of allylic oxidation sites excluding steroid dienone is 4. The number of ketones is 1. The van der Waals surface area contributed by atoms with E-state index in [9.17, 15) is 4.79 Å². The lowest BCUT2D eigenvalue weighted by Crippen LogP contribution is -2.54. The van der Waals surface area contributed by atoms with Crippen molar-refractivity contribution in [3.63, 3.8) is 0 Å². The lowest BCUT2D eigenvalue weighted by Gasteiger charge is -2.55. The van der Waals surface area contributed by atoms with Gasteiger partial charge in [0.2, 0.25) is 0 Å². The Morgan fingerprint density at radius 2 is 1.94 bits per heavy atom. The molecule has 0 heterocycles. The molecule has 1 aromatic rings. The van der Waals surface area contributed by atoms with E-state index in [-0.39, 0.29) is 22.7 Å². The summed E-state index contributed by atoms with van der Waals surface area (Å²) in [7, 11) is 3.64. The van der Waals surface area contributed by atoms with E-state index < -0.39 is 0 Å². The number of nitrogens with zero attached hydrogens (tertiary/aromatic N) is 1. The fourth-order valence-electron chi connectivity index (χ4n) is 7.78. The second-order valence-electron chi connectivity index (χ2n) is 10.6. The lowest BCUT2D eigenvalue weighted by atomic mass is 9.51. The number of methoxy groups -OCH3 is 2. The van der Waals surface area contributed by atoms with Crippen LogP contribution in [0.1, 0.15) is 68.9 Å². The average molecular weight is 450 g/mol. The molecule has 5 atom stereocenters. The van der Waals surface area contributed by atoms with Gasteiger partial charge >= 0.3 is 0 Å². The van der Waals surface area contributed by atoms with Crippen LogP contribution in [0.15, 0.2) is 52.2 Å².